The lowest BCUT2D eigenvalue weighted by Crippen LogP contribution is -2.32. The van der Waals surface area contributed by atoms with Crippen LogP contribution in [0.15, 0.2) is 118 Å². The molecule has 2 aromatic carbocycles. The van der Waals surface area contributed by atoms with E-state index in [1.54, 1.807) is 12.1 Å². The van der Waals surface area contributed by atoms with Gasteiger partial charge in [-0.25, -0.2) is 4.79 Å². The summed E-state index contributed by atoms with van der Waals surface area (Å²) < 4.78 is 119. The van der Waals surface area contributed by atoms with Crippen molar-refractivity contribution >= 4 is 94.8 Å². The monoisotopic (exact) mass is 1120 g/mol. The van der Waals surface area contributed by atoms with Gasteiger partial charge in [-0.1, -0.05) is 61.4 Å². The van der Waals surface area contributed by atoms with E-state index in [0.717, 1.165) is 23.4 Å². The number of hydrogen-bond acceptors (Lipinski definition) is 14. The molecule has 5 aliphatic heterocycles. The van der Waals surface area contributed by atoms with Crippen molar-refractivity contribution in [2.45, 2.75) is 128 Å². The Hall–Kier alpha value is -4.46. The van der Waals surface area contributed by atoms with Crippen LogP contribution in [0.4, 0.5) is 11.4 Å². The third-order valence-electron chi connectivity index (χ3n) is 14.3. The van der Waals surface area contributed by atoms with Gasteiger partial charge in [-0.15, -0.1) is 5.06 Å². The number of carbonyl (C=O) groups is 3. The molecular weight excluding hydrogens is 1060 g/mol. The van der Waals surface area contributed by atoms with E-state index in [1.807, 2.05) is 67.4 Å². The van der Waals surface area contributed by atoms with E-state index >= 15 is 0 Å². The van der Waals surface area contributed by atoms with E-state index in [9.17, 15) is 57.5 Å². The molecule has 2 unspecified atom stereocenters. The van der Waals surface area contributed by atoms with Gasteiger partial charge in [-0.3, -0.25) is 27.5 Å². The zero-order valence-corrected chi connectivity index (χ0v) is 45.4. The van der Waals surface area contributed by atoms with Gasteiger partial charge < -0.3 is 9.74 Å². The maximum atomic E-state index is 12.9. The van der Waals surface area contributed by atoms with Gasteiger partial charge in [-0.05, 0) is 134 Å². The first-order chi connectivity index (χ1) is 34.4. The summed E-state index contributed by atoms with van der Waals surface area (Å²) in [6.45, 7) is 4.84. The number of benzene rings is 2. The molecule has 23 heteroatoms. The molecule has 73 heavy (non-hydrogen) atoms. The van der Waals surface area contributed by atoms with Gasteiger partial charge in [-0.2, -0.15) is 29.8 Å². The van der Waals surface area contributed by atoms with Gasteiger partial charge in [0, 0.05) is 74.7 Å². The van der Waals surface area contributed by atoms with Crippen molar-refractivity contribution in [2.24, 2.45) is 0 Å². The van der Waals surface area contributed by atoms with E-state index < -0.39 is 72.7 Å². The Bertz CT molecular complexity index is 3200. The molecular formula is C50H60N3O14S6+. The fourth-order valence-electron chi connectivity index (χ4n) is 10.4. The normalized spacial score (nSPS) is 27.0. The van der Waals surface area contributed by atoms with E-state index in [-0.39, 0.29) is 38.9 Å². The van der Waals surface area contributed by atoms with Gasteiger partial charge in [0.25, 0.3) is 42.2 Å². The SMILES string of the molecule is CC1(CCCC23S[SH]2(=O)S3)C(/C=C/C=C2/N(CCCCCC(=O)ON3C(=O)CCC3=O)c3ccc(S(=O)(=O)O)cc3C2(C)CCCCS(=O)(=O)O)=[N+](CCCC2=C/C=C\C=C/C=C\2)c2ccc(S(=O)(=O)O)cc21. The second-order valence-corrected chi connectivity index (χ2v) is 33.1. The van der Waals surface area contributed by atoms with Crippen LogP contribution in [0.3, 0.4) is 0 Å². The topological polar surface area (TPSA) is 250 Å². The lowest BCUT2D eigenvalue weighted by atomic mass is 9.75. The van der Waals surface area contributed by atoms with E-state index in [0.29, 0.717) is 98.5 Å². The Balaban J connectivity index is 1.16. The van der Waals surface area contributed by atoms with Crippen LogP contribution in [0, 0.1) is 0 Å². The molecule has 2 atom stereocenters. The second-order valence-electron chi connectivity index (χ2n) is 19.4. The number of hydrogen-bond donors (Lipinski definition) is 4. The standard InChI is InChI=1S/C50H59N3O14S6/c1-48(28-10-12-33-70(57,58)59)39-34-37(71(60,61)62)22-24-41(39)51(31-11-6-9-21-47(56)67-53-45(54)26-27-46(53)55)43(48)19-13-20-44-49(2,29-15-30-50-68-73(50,66)69-50)40-35-38(72(63,64)65)23-25-42(40)52(44)32-14-18-36-16-7-4-3-5-8-17-36/h3-5,7-8,13,16-17,19-20,22-25,34-35,73H,6,9-12,14-15,18,21,26-33H2,1-2H3,(H2-,57,58,59,60,61,62,63,64,65)/p+1/b4-3-,5-3?,7-4?,8-5-,16-7-,17-8?,36-16?,36-17+. The molecule has 0 spiro atoms. The average Bonchev–Trinajstić information content (AvgIpc) is 3.93. The fraction of sp³-hybridized carbons (Fsp3) is 0.440. The predicted molar refractivity (Wildman–Crippen MR) is 284 cm³/mol. The minimum atomic E-state index is -4.67. The van der Waals surface area contributed by atoms with Crippen molar-refractivity contribution in [2.75, 3.05) is 23.7 Å². The number of allylic oxidation sites excluding steroid dienone is 12. The average molecular weight is 1120 g/mol. The first kappa shape index (κ1) is 54.8. The minimum Gasteiger partial charge on any atom is -0.344 e. The smallest absolute Gasteiger partial charge is 0.333 e. The van der Waals surface area contributed by atoms with Crippen LogP contribution in [0.25, 0.3) is 0 Å². The number of amides is 2. The zero-order valence-electron chi connectivity index (χ0n) is 40.4. The van der Waals surface area contributed by atoms with E-state index in [4.69, 9.17) is 4.84 Å². The summed E-state index contributed by atoms with van der Waals surface area (Å²) >= 11 is 0. The molecule has 2 aromatic rings. The summed E-state index contributed by atoms with van der Waals surface area (Å²) in [5, 5.41) is 0.510. The van der Waals surface area contributed by atoms with Crippen LogP contribution in [-0.2, 0) is 68.4 Å². The van der Waals surface area contributed by atoms with Gasteiger partial charge in [0.05, 0.1) is 21.0 Å². The van der Waals surface area contributed by atoms with Crippen molar-refractivity contribution in [3.8, 4) is 0 Å². The molecule has 3 N–H and O–H groups in total. The van der Waals surface area contributed by atoms with Crippen molar-refractivity contribution in [3.63, 3.8) is 0 Å². The fourth-order valence-corrected chi connectivity index (χ4v) is 22.5. The number of nitrogens with zero attached hydrogens (tertiary/aromatic N) is 3. The van der Waals surface area contributed by atoms with Gasteiger partial charge in [0.15, 0.2) is 9.12 Å². The molecule has 0 bridgehead atoms. The maximum absolute atomic E-state index is 12.9. The highest BCUT2D eigenvalue weighted by atomic mass is 33.6. The quantitative estimate of drug-likeness (QED) is 0.0146. The highest BCUT2D eigenvalue weighted by Gasteiger charge is 2.80. The largest absolute Gasteiger partial charge is 0.344 e. The number of rotatable bonds is 24. The Kier molecular flexibility index (Phi) is 16.0. The second kappa shape index (κ2) is 21.3. The Morgan fingerprint density at radius 2 is 1.42 bits per heavy atom. The van der Waals surface area contributed by atoms with Crippen LogP contribution < -0.4 is 4.90 Å². The van der Waals surface area contributed by atoms with Crippen LogP contribution >= 0.6 is 21.6 Å². The summed E-state index contributed by atoms with van der Waals surface area (Å²) in [6, 6.07) is 8.97. The lowest BCUT2D eigenvalue weighted by molar-refractivity contribution is -0.438. The van der Waals surface area contributed by atoms with Crippen LogP contribution in [0.1, 0.15) is 115 Å². The molecule has 2 amide bonds. The highest BCUT2D eigenvalue weighted by molar-refractivity contribution is 9.38. The maximum Gasteiger partial charge on any atom is 0.333 e. The van der Waals surface area contributed by atoms with Crippen molar-refractivity contribution in [1.29, 1.82) is 0 Å². The molecule has 3 fully saturated rings. The molecule has 17 nitrogen and oxygen atoms in total. The van der Waals surface area contributed by atoms with E-state index in [1.165, 1.54) is 45.9 Å². The van der Waals surface area contributed by atoms with Crippen LogP contribution in [-0.4, -0.2) is 98.5 Å². The molecule has 8 rings (SSSR count). The van der Waals surface area contributed by atoms with E-state index in [2.05, 4.69) is 16.7 Å². The summed E-state index contributed by atoms with van der Waals surface area (Å²) in [4.78, 5) is 43.1. The third kappa shape index (κ3) is 12.1. The van der Waals surface area contributed by atoms with Gasteiger partial charge in [0.2, 0.25) is 5.69 Å². The lowest BCUT2D eigenvalue weighted by Gasteiger charge is -2.30. The van der Waals surface area contributed by atoms with Crippen LogP contribution in [0.5, 0.6) is 0 Å². The van der Waals surface area contributed by atoms with Crippen LogP contribution in [0.2, 0.25) is 0 Å². The van der Waals surface area contributed by atoms with Gasteiger partial charge >= 0.3 is 5.97 Å². The zero-order chi connectivity index (χ0) is 52.6. The van der Waals surface area contributed by atoms with Crippen molar-refractivity contribution in [3.05, 3.63) is 120 Å². The Labute approximate surface area is 435 Å². The molecule has 6 aliphatic rings. The number of anilines is 1. The first-order valence-corrected chi connectivity index (χ1v) is 33.2. The van der Waals surface area contributed by atoms with Gasteiger partial charge in [0.1, 0.15) is 6.54 Å². The van der Waals surface area contributed by atoms with Crippen molar-refractivity contribution < 1.29 is 66.9 Å². The highest BCUT2D eigenvalue weighted by Crippen LogP contribution is 2.94. The summed E-state index contributed by atoms with van der Waals surface area (Å²) in [6.07, 6.45) is 25.0. The molecule has 394 valence electrons. The Morgan fingerprint density at radius 1 is 0.781 bits per heavy atom. The predicted octanol–water partition coefficient (Wildman–Crippen LogP) is 8.53. The summed E-state index contributed by atoms with van der Waals surface area (Å²) in [7, 11) is -12.7. The molecule has 3 saturated heterocycles. The number of fused-ring (bicyclic) bond motifs is 3. The summed E-state index contributed by atoms with van der Waals surface area (Å²) in [5.74, 6) is -2.37. The number of carbonyl (C=O) groups excluding carboxylic acids is 3. The number of hydroxylamine groups is 2. The third-order valence-corrected chi connectivity index (χ3v) is 28.1. The minimum absolute atomic E-state index is 0.0284. The molecule has 0 saturated carbocycles. The molecule has 5 heterocycles. The van der Waals surface area contributed by atoms with Crippen molar-refractivity contribution in [1.82, 2.24) is 5.06 Å². The number of imide groups is 1. The molecule has 0 radical (unpaired) electrons. The summed E-state index contributed by atoms with van der Waals surface area (Å²) in [5.41, 5.74) is 3.54. The number of thiol groups is 1. The Morgan fingerprint density at radius 3 is 2.10 bits per heavy atom. The number of unbranched alkanes of at least 4 members (excludes halogenated alkanes) is 3. The molecule has 1 aliphatic carbocycles. The molecule has 0 aromatic heterocycles. The first-order valence-electron chi connectivity index (χ1n) is 24.2.